The van der Waals surface area contributed by atoms with Crippen molar-refractivity contribution in [3.05, 3.63) is 35.4 Å². The van der Waals surface area contributed by atoms with Crippen molar-refractivity contribution in [2.45, 2.75) is 38.1 Å². The third-order valence-corrected chi connectivity index (χ3v) is 5.67. The second kappa shape index (κ2) is 11.7. The second-order valence-electron chi connectivity index (χ2n) is 7.97. The molecule has 2 aliphatic rings. The topological polar surface area (TPSA) is 49.3 Å². The van der Waals surface area contributed by atoms with Gasteiger partial charge < -0.3 is 19.7 Å². The van der Waals surface area contributed by atoms with Crippen molar-refractivity contribution in [2.75, 3.05) is 59.6 Å². The maximum atomic E-state index is 12.9. The number of piperazine rings is 1. The van der Waals surface area contributed by atoms with Crippen molar-refractivity contribution < 1.29 is 22.6 Å². The lowest BCUT2D eigenvalue weighted by molar-refractivity contribution is -0.137. The minimum Gasteiger partial charge on any atom is -0.381 e. The summed E-state index contributed by atoms with van der Waals surface area (Å²) in [5.74, 6) is 0.866. The molecule has 0 saturated carbocycles. The van der Waals surface area contributed by atoms with Gasteiger partial charge in [-0.3, -0.25) is 9.89 Å². The SMILES string of the molecule is CN=C(NCCCOC1CCOCC1)N1CCN(Cc2cccc(C(F)(F)F)c2)CC1. The smallest absolute Gasteiger partial charge is 0.381 e. The van der Waals surface area contributed by atoms with E-state index in [1.807, 2.05) is 0 Å². The van der Waals surface area contributed by atoms with Gasteiger partial charge in [-0.05, 0) is 30.9 Å². The molecule has 6 nitrogen and oxygen atoms in total. The van der Waals surface area contributed by atoms with Crippen LogP contribution in [-0.4, -0.2) is 81.5 Å². The van der Waals surface area contributed by atoms with Gasteiger partial charge in [0.1, 0.15) is 0 Å². The van der Waals surface area contributed by atoms with Gasteiger partial charge in [0.2, 0.25) is 0 Å². The lowest BCUT2D eigenvalue weighted by atomic mass is 10.1. The zero-order chi connectivity index (χ0) is 22.1. The molecular formula is C22H33F3N4O2. The highest BCUT2D eigenvalue weighted by molar-refractivity contribution is 5.79. The summed E-state index contributed by atoms with van der Waals surface area (Å²) in [6, 6.07) is 5.59. The minimum atomic E-state index is -4.30. The van der Waals surface area contributed by atoms with E-state index in [2.05, 4.69) is 20.1 Å². The van der Waals surface area contributed by atoms with E-state index in [0.717, 1.165) is 83.8 Å². The lowest BCUT2D eigenvalue weighted by Gasteiger charge is -2.36. The molecule has 0 aromatic heterocycles. The summed E-state index contributed by atoms with van der Waals surface area (Å²) < 4.78 is 50.0. The Hall–Kier alpha value is -1.84. The number of rotatable bonds is 7. The van der Waals surface area contributed by atoms with Crippen molar-refractivity contribution in [2.24, 2.45) is 4.99 Å². The number of nitrogens with zero attached hydrogens (tertiary/aromatic N) is 3. The summed E-state index contributed by atoms with van der Waals surface area (Å²) in [4.78, 5) is 8.76. The summed E-state index contributed by atoms with van der Waals surface area (Å²) >= 11 is 0. The monoisotopic (exact) mass is 442 g/mol. The number of nitrogens with one attached hydrogen (secondary N) is 1. The summed E-state index contributed by atoms with van der Waals surface area (Å²) in [5.41, 5.74) is 0.101. The van der Waals surface area contributed by atoms with Crippen LogP contribution in [0.3, 0.4) is 0 Å². The largest absolute Gasteiger partial charge is 0.416 e. The number of alkyl halides is 3. The number of hydrogen-bond donors (Lipinski definition) is 1. The quantitative estimate of drug-likeness (QED) is 0.400. The predicted molar refractivity (Wildman–Crippen MR) is 114 cm³/mol. The first-order valence-electron chi connectivity index (χ1n) is 11.0. The van der Waals surface area contributed by atoms with E-state index in [0.29, 0.717) is 18.2 Å². The summed E-state index contributed by atoms with van der Waals surface area (Å²) in [6.07, 6.45) is -1.13. The molecule has 2 heterocycles. The van der Waals surface area contributed by atoms with Gasteiger partial charge in [-0.1, -0.05) is 18.2 Å². The van der Waals surface area contributed by atoms with Crippen molar-refractivity contribution in [3.63, 3.8) is 0 Å². The highest BCUT2D eigenvalue weighted by atomic mass is 19.4. The second-order valence-corrected chi connectivity index (χ2v) is 7.97. The van der Waals surface area contributed by atoms with Crippen LogP contribution >= 0.6 is 0 Å². The third-order valence-electron chi connectivity index (χ3n) is 5.67. The molecule has 31 heavy (non-hydrogen) atoms. The fraction of sp³-hybridized carbons (Fsp3) is 0.682. The molecule has 1 N–H and O–H groups in total. The molecule has 1 aromatic rings. The normalized spacial score (nSPS) is 19.6. The predicted octanol–water partition coefficient (Wildman–Crippen LogP) is 2.98. The summed E-state index contributed by atoms with van der Waals surface area (Å²) in [5, 5.41) is 3.39. The molecule has 2 fully saturated rings. The van der Waals surface area contributed by atoms with E-state index in [4.69, 9.17) is 9.47 Å². The molecule has 3 rings (SSSR count). The minimum absolute atomic E-state index is 0.318. The number of ether oxygens (including phenoxy) is 2. The van der Waals surface area contributed by atoms with Crippen LogP contribution in [0.25, 0.3) is 0 Å². The van der Waals surface area contributed by atoms with Crippen molar-refractivity contribution in [3.8, 4) is 0 Å². The molecule has 0 spiro atoms. The van der Waals surface area contributed by atoms with E-state index in [1.165, 1.54) is 12.1 Å². The molecule has 0 radical (unpaired) electrons. The zero-order valence-electron chi connectivity index (χ0n) is 18.2. The molecule has 0 unspecified atom stereocenters. The highest BCUT2D eigenvalue weighted by Gasteiger charge is 2.30. The molecule has 2 saturated heterocycles. The number of aliphatic imine (C=N–C) groups is 1. The van der Waals surface area contributed by atoms with Gasteiger partial charge in [-0.15, -0.1) is 0 Å². The summed E-state index contributed by atoms with van der Waals surface area (Å²) in [6.45, 7) is 6.75. The Kier molecular flexibility index (Phi) is 8.98. The number of halogens is 3. The molecule has 2 aliphatic heterocycles. The number of benzene rings is 1. The first kappa shape index (κ1) is 23.8. The average molecular weight is 443 g/mol. The number of guanidine groups is 1. The van der Waals surface area contributed by atoms with Crippen molar-refractivity contribution >= 4 is 5.96 Å². The Balaban J connectivity index is 1.36. The molecule has 9 heteroatoms. The maximum absolute atomic E-state index is 12.9. The van der Waals surface area contributed by atoms with Crippen LogP contribution in [0.4, 0.5) is 13.2 Å². The lowest BCUT2D eigenvalue weighted by Crippen LogP contribution is -2.52. The maximum Gasteiger partial charge on any atom is 0.416 e. The van der Waals surface area contributed by atoms with E-state index in [-0.39, 0.29) is 0 Å². The Morgan fingerprint density at radius 3 is 2.61 bits per heavy atom. The van der Waals surface area contributed by atoms with Crippen LogP contribution < -0.4 is 5.32 Å². The van der Waals surface area contributed by atoms with E-state index < -0.39 is 11.7 Å². The van der Waals surface area contributed by atoms with Crippen LogP contribution in [0.15, 0.2) is 29.3 Å². The van der Waals surface area contributed by atoms with E-state index >= 15 is 0 Å². The highest BCUT2D eigenvalue weighted by Crippen LogP contribution is 2.29. The van der Waals surface area contributed by atoms with Gasteiger partial charge >= 0.3 is 6.18 Å². The Bertz CT molecular complexity index is 700. The Morgan fingerprint density at radius 2 is 1.94 bits per heavy atom. The standard InChI is InChI=1S/C22H33F3N4O2/c1-26-21(27-8-3-13-31-20-6-14-30-15-7-20)29-11-9-28(10-12-29)17-18-4-2-5-19(16-18)22(23,24)25/h2,4-5,16,20H,3,6-15,17H2,1H3,(H,26,27). The van der Waals surface area contributed by atoms with Gasteiger partial charge in [0.25, 0.3) is 0 Å². The summed E-state index contributed by atoms with van der Waals surface area (Å²) in [7, 11) is 1.77. The molecular weight excluding hydrogens is 409 g/mol. The van der Waals surface area contributed by atoms with Gasteiger partial charge in [0, 0.05) is 66.1 Å². The zero-order valence-corrected chi connectivity index (χ0v) is 18.2. The van der Waals surface area contributed by atoms with E-state index in [1.54, 1.807) is 13.1 Å². The van der Waals surface area contributed by atoms with Crippen LogP contribution in [0.1, 0.15) is 30.4 Å². The molecule has 174 valence electrons. The third kappa shape index (κ3) is 7.66. The van der Waals surface area contributed by atoms with Gasteiger partial charge in [-0.2, -0.15) is 13.2 Å². The van der Waals surface area contributed by atoms with Gasteiger partial charge in [-0.25, -0.2) is 0 Å². The first-order chi connectivity index (χ1) is 15.0. The van der Waals surface area contributed by atoms with Crippen LogP contribution in [0.2, 0.25) is 0 Å². The van der Waals surface area contributed by atoms with Crippen molar-refractivity contribution in [1.29, 1.82) is 0 Å². The molecule has 0 atom stereocenters. The van der Waals surface area contributed by atoms with Crippen LogP contribution in [0, 0.1) is 0 Å². The van der Waals surface area contributed by atoms with Gasteiger partial charge in [0.05, 0.1) is 11.7 Å². The average Bonchev–Trinajstić information content (AvgIpc) is 2.77. The van der Waals surface area contributed by atoms with E-state index in [9.17, 15) is 13.2 Å². The first-order valence-corrected chi connectivity index (χ1v) is 11.0. The number of hydrogen-bond acceptors (Lipinski definition) is 4. The fourth-order valence-electron chi connectivity index (χ4n) is 3.92. The van der Waals surface area contributed by atoms with Crippen LogP contribution in [0.5, 0.6) is 0 Å². The van der Waals surface area contributed by atoms with Crippen LogP contribution in [-0.2, 0) is 22.2 Å². The van der Waals surface area contributed by atoms with Crippen molar-refractivity contribution in [1.82, 2.24) is 15.1 Å². The molecule has 0 bridgehead atoms. The molecule has 1 aromatic carbocycles. The Morgan fingerprint density at radius 1 is 1.19 bits per heavy atom. The Labute approximate surface area is 182 Å². The molecule has 0 amide bonds. The fourth-order valence-corrected chi connectivity index (χ4v) is 3.92. The molecule has 0 aliphatic carbocycles. The van der Waals surface area contributed by atoms with Gasteiger partial charge in [0.15, 0.2) is 5.96 Å².